The second-order valence-electron chi connectivity index (χ2n) is 5.53. The van der Waals surface area contributed by atoms with E-state index < -0.39 is 0 Å². The highest BCUT2D eigenvalue weighted by Crippen LogP contribution is 2.20. The Bertz CT molecular complexity index is 490. The summed E-state index contributed by atoms with van der Waals surface area (Å²) in [4.78, 5) is 11.7. The van der Waals surface area contributed by atoms with Gasteiger partial charge in [-0.3, -0.25) is 0 Å². The Morgan fingerprint density at radius 2 is 2.29 bits per heavy atom. The summed E-state index contributed by atoms with van der Waals surface area (Å²) in [5.74, 6) is -0.327. The number of carbonyl (C=O) groups is 1. The van der Waals surface area contributed by atoms with Gasteiger partial charge in [0, 0.05) is 18.3 Å². The number of nitrogen functional groups attached to an aromatic ring is 1. The number of ether oxygens (including phenoxy) is 1. The third-order valence-corrected chi connectivity index (χ3v) is 3.88. The van der Waals surface area contributed by atoms with E-state index in [9.17, 15) is 9.90 Å². The van der Waals surface area contributed by atoms with Gasteiger partial charge in [0.05, 0.1) is 18.3 Å². The second-order valence-corrected chi connectivity index (χ2v) is 5.53. The van der Waals surface area contributed by atoms with Gasteiger partial charge in [0.15, 0.2) is 0 Å². The van der Waals surface area contributed by atoms with E-state index in [1.54, 1.807) is 25.1 Å². The van der Waals surface area contributed by atoms with Crippen LogP contribution >= 0.6 is 0 Å². The molecule has 0 bridgehead atoms. The zero-order chi connectivity index (χ0) is 15.2. The van der Waals surface area contributed by atoms with Crippen LogP contribution in [0, 0.1) is 0 Å². The maximum Gasteiger partial charge on any atom is 0.338 e. The van der Waals surface area contributed by atoms with Crippen LogP contribution in [0.15, 0.2) is 18.2 Å². The lowest BCUT2D eigenvalue weighted by atomic mass is 9.93. The van der Waals surface area contributed by atoms with Crippen LogP contribution in [0.1, 0.15) is 48.5 Å². The predicted molar refractivity (Wildman–Crippen MR) is 81.9 cm³/mol. The molecule has 5 nitrogen and oxygen atoms in total. The molecule has 0 unspecified atom stereocenters. The summed E-state index contributed by atoms with van der Waals surface area (Å²) in [5, 5.41) is 13.1. The lowest BCUT2D eigenvalue weighted by molar-refractivity contribution is 0.0526. The summed E-state index contributed by atoms with van der Waals surface area (Å²) in [7, 11) is 0. The van der Waals surface area contributed by atoms with Crippen molar-refractivity contribution in [2.24, 2.45) is 0 Å². The van der Waals surface area contributed by atoms with Crippen molar-refractivity contribution < 1.29 is 14.6 Å². The van der Waals surface area contributed by atoms with Crippen LogP contribution in [0.25, 0.3) is 0 Å². The fourth-order valence-corrected chi connectivity index (χ4v) is 2.70. The van der Waals surface area contributed by atoms with E-state index in [1.807, 2.05) is 0 Å². The predicted octanol–water partition coefficient (Wildman–Crippen LogP) is 1.84. The molecule has 0 aliphatic heterocycles. The molecule has 0 saturated heterocycles. The van der Waals surface area contributed by atoms with Gasteiger partial charge in [0.25, 0.3) is 0 Å². The van der Waals surface area contributed by atoms with Crippen molar-refractivity contribution in [3.8, 4) is 0 Å². The minimum absolute atomic E-state index is 0.209. The SMILES string of the molecule is CCOC(=O)c1ccc(N)c(CN[C@@H]2CCC[C@H](O)C2)c1. The molecule has 0 radical (unpaired) electrons. The molecule has 1 saturated carbocycles. The molecule has 1 aliphatic rings. The maximum atomic E-state index is 11.7. The number of hydrogen-bond donors (Lipinski definition) is 3. The molecule has 2 rings (SSSR count). The topological polar surface area (TPSA) is 84.6 Å². The first-order valence-corrected chi connectivity index (χ1v) is 7.57. The van der Waals surface area contributed by atoms with Crippen LogP contribution in [-0.4, -0.2) is 29.8 Å². The third kappa shape index (κ3) is 4.44. The van der Waals surface area contributed by atoms with Gasteiger partial charge in [-0.2, -0.15) is 0 Å². The summed E-state index contributed by atoms with van der Waals surface area (Å²) in [6, 6.07) is 5.50. The van der Waals surface area contributed by atoms with E-state index >= 15 is 0 Å². The van der Waals surface area contributed by atoms with Crippen molar-refractivity contribution in [3.63, 3.8) is 0 Å². The molecule has 5 heteroatoms. The van der Waals surface area contributed by atoms with Crippen LogP contribution in [0.4, 0.5) is 5.69 Å². The van der Waals surface area contributed by atoms with Gasteiger partial charge >= 0.3 is 5.97 Å². The van der Waals surface area contributed by atoms with E-state index in [2.05, 4.69) is 5.32 Å². The van der Waals surface area contributed by atoms with E-state index in [0.717, 1.165) is 31.2 Å². The lowest BCUT2D eigenvalue weighted by Gasteiger charge is -2.27. The van der Waals surface area contributed by atoms with Gasteiger partial charge in [-0.05, 0) is 56.4 Å². The molecule has 0 amide bonds. The first-order chi connectivity index (χ1) is 10.1. The molecule has 2 atom stereocenters. The van der Waals surface area contributed by atoms with Crippen molar-refractivity contribution in [2.45, 2.75) is 51.3 Å². The van der Waals surface area contributed by atoms with Gasteiger partial charge in [0.2, 0.25) is 0 Å². The van der Waals surface area contributed by atoms with Crippen molar-refractivity contribution in [1.82, 2.24) is 5.32 Å². The molecular weight excluding hydrogens is 268 g/mol. The summed E-state index contributed by atoms with van der Waals surface area (Å²) < 4.78 is 5.00. The number of carbonyl (C=O) groups excluding carboxylic acids is 1. The van der Waals surface area contributed by atoms with Gasteiger partial charge in [-0.1, -0.05) is 0 Å². The average Bonchev–Trinajstić information content (AvgIpc) is 2.46. The van der Waals surface area contributed by atoms with E-state index in [0.29, 0.717) is 30.4 Å². The van der Waals surface area contributed by atoms with Crippen LogP contribution in [0.3, 0.4) is 0 Å². The van der Waals surface area contributed by atoms with Crippen LogP contribution in [0.2, 0.25) is 0 Å². The Kier molecular flexibility index (Phi) is 5.59. The Morgan fingerprint density at radius 3 is 3.00 bits per heavy atom. The molecule has 0 aromatic heterocycles. The van der Waals surface area contributed by atoms with Crippen LogP contribution in [0.5, 0.6) is 0 Å². The van der Waals surface area contributed by atoms with Crippen LogP contribution in [-0.2, 0) is 11.3 Å². The number of aliphatic hydroxyl groups is 1. The highest BCUT2D eigenvalue weighted by Gasteiger charge is 2.19. The van der Waals surface area contributed by atoms with Crippen LogP contribution < -0.4 is 11.1 Å². The number of aliphatic hydroxyl groups excluding tert-OH is 1. The fraction of sp³-hybridized carbons (Fsp3) is 0.562. The zero-order valence-corrected chi connectivity index (χ0v) is 12.5. The quantitative estimate of drug-likeness (QED) is 0.569. The molecule has 116 valence electrons. The normalized spacial score (nSPS) is 22.0. The van der Waals surface area contributed by atoms with Gasteiger partial charge in [-0.25, -0.2) is 4.79 Å². The zero-order valence-electron chi connectivity index (χ0n) is 12.5. The van der Waals surface area contributed by atoms with Gasteiger partial charge in [-0.15, -0.1) is 0 Å². The number of benzene rings is 1. The van der Waals surface area contributed by atoms with Gasteiger partial charge < -0.3 is 20.9 Å². The minimum Gasteiger partial charge on any atom is -0.462 e. The first-order valence-electron chi connectivity index (χ1n) is 7.57. The molecule has 1 aliphatic carbocycles. The highest BCUT2D eigenvalue weighted by molar-refractivity contribution is 5.90. The Hall–Kier alpha value is -1.59. The number of rotatable bonds is 5. The van der Waals surface area contributed by atoms with Crippen molar-refractivity contribution >= 4 is 11.7 Å². The second kappa shape index (κ2) is 7.43. The Morgan fingerprint density at radius 1 is 1.48 bits per heavy atom. The summed E-state index contributed by atoms with van der Waals surface area (Å²) >= 11 is 0. The number of nitrogens with two attached hydrogens (primary N) is 1. The number of hydrogen-bond acceptors (Lipinski definition) is 5. The molecule has 21 heavy (non-hydrogen) atoms. The molecule has 1 fully saturated rings. The lowest BCUT2D eigenvalue weighted by Crippen LogP contribution is -2.35. The van der Waals surface area contributed by atoms with Crippen molar-refractivity contribution in [1.29, 1.82) is 0 Å². The van der Waals surface area contributed by atoms with Gasteiger partial charge in [0.1, 0.15) is 0 Å². The molecule has 1 aromatic carbocycles. The molecule has 0 heterocycles. The summed E-state index contributed by atoms with van der Waals surface area (Å²) in [6.07, 6.45) is 3.56. The van der Waals surface area contributed by atoms with E-state index in [1.165, 1.54) is 0 Å². The number of nitrogens with one attached hydrogen (secondary N) is 1. The third-order valence-electron chi connectivity index (χ3n) is 3.88. The summed E-state index contributed by atoms with van der Waals surface area (Å²) in [6.45, 7) is 2.74. The minimum atomic E-state index is -0.327. The summed E-state index contributed by atoms with van der Waals surface area (Å²) in [5.41, 5.74) is 8.03. The van der Waals surface area contributed by atoms with Crippen molar-refractivity contribution in [3.05, 3.63) is 29.3 Å². The van der Waals surface area contributed by atoms with E-state index in [4.69, 9.17) is 10.5 Å². The fourth-order valence-electron chi connectivity index (χ4n) is 2.70. The Balaban J connectivity index is 1.98. The maximum absolute atomic E-state index is 11.7. The molecule has 1 aromatic rings. The number of esters is 1. The number of anilines is 1. The molecule has 4 N–H and O–H groups in total. The van der Waals surface area contributed by atoms with Crippen molar-refractivity contribution in [2.75, 3.05) is 12.3 Å². The first kappa shape index (κ1) is 15.8. The Labute approximate surface area is 125 Å². The average molecular weight is 292 g/mol. The monoisotopic (exact) mass is 292 g/mol. The van der Waals surface area contributed by atoms with E-state index in [-0.39, 0.29) is 12.1 Å². The highest BCUT2D eigenvalue weighted by atomic mass is 16.5. The molecular formula is C16H24N2O3. The molecule has 0 spiro atoms. The largest absolute Gasteiger partial charge is 0.462 e. The standard InChI is InChI=1S/C16H24N2O3/c1-2-21-16(20)11-6-7-15(17)12(8-11)10-18-13-4-3-5-14(19)9-13/h6-8,13-14,18-19H,2-5,9-10,17H2,1H3/t13-,14+/m1/s1. The smallest absolute Gasteiger partial charge is 0.338 e.